The Morgan fingerprint density at radius 1 is 1.28 bits per heavy atom. The molecule has 0 saturated carbocycles. The third kappa shape index (κ3) is 3.57. The molecule has 1 saturated heterocycles. The second kappa shape index (κ2) is 6.55. The topological polar surface area (TPSA) is 32.3 Å². The highest BCUT2D eigenvalue weighted by Crippen LogP contribution is 2.13. The predicted molar refractivity (Wildman–Crippen MR) is 73.5 cm³/mol. The lowest BCUT2D eigenvalue weighted by Crippen LogP contribution is -2.37. The van der Waals surface area contributed by atoms with Crippen LogP contribution >= 0.6 is 0 Å². The zero-order valence-electron chi connectivity index (χ0n) is 11.1. The number of amides is 1. The summed E-state index contributed by atoms with van der Waals surface area (Å²) in [7, 11) is 0. The molecule has 18 heavy (non-hydrogen) atoms. The van der Waals surface area contributed by atoms with Crippen molar-refractivity contribution in [3.63, 3.8) is 0 Å². The van der Waals surface area contributed by atoms with E-state index in [1.165, 1.54) is 5.56 Å². The molecule has 1 aliphatic heterocycles. The van der Waals surface area contributed by atoms with Gasteiger partial charge >= 0.3 is 0 Å². The largest absolute Gasteiger partial charge is 0.342 e. The molecule has 1 atom stereocenters. The lowest BCUT2D eigenvalue weighted by molar-refractivity contribution is -0.129. The fourth-order valence-corrected chi connectivity index (χ4v) is 2.37. The molecular formula is C15H22N2O. The van der Waals surface area contributed by atoms with E-state index in [2.05, 4.69) is 36.5 Å². The Balaban J connectivity index is 1.70. The van der Waals surface area contributed by atoms with Crippen LogP contribution in [-0.2, 0) is 4.79 Å². The molecule has 3 heteroatoms. The minimum atomic E-state index is 0.243. The van der Waals surface area contributed by atoms with Crippen molar-refractivity contribution in [3.8, 4) is 0 Å². The van der Waals surface area contributed by atoms with Crippen LogP contribution in [0.25, 0.3) is 0 Å². The summed E-state index contributed by atoms with van der Waals surface area (Å²) >= 11 is 0. The van der Waals surface area contributed by atoms with Crippen molar-refractivity contribution in [2.24, 2.45) is 0 Å². The molecule has 1 heterocycles. The van der Waals surface area contributed by atoms with Crippen LogP contribution < -0.4 is 5.32 Å². The molecule has 1 N–H and O–H groups in total. The zero-order valence-corrected chi connectivity index (χ0v) is 11.1. The number of carbonyl (C=O) groups is 1. The van der Waals surface area contributed by atoms with Gasteiger partial charge in [0.05, 0.1) is 6.54 Å². The molecule has 0 spiro atoms. The van der Waals surface area contributed by atoms with E-state index in [-0.39, 0.29) is 5.91 Å². The first-order chi connectivity index (χ1) is 8.77. The third-order valence-corrected chi connectivity index (χ3v) is 3.55. The minimum Gasteiger partial charge on any atom is -0.342 e. The molecule has 1 aromatic carbocycles. The first-order valence-corrected chi connectivity index (χ1v) is 6.81. The van der Waals surface area contributed by atoms with Gasteiger partial charge in [-0.2, -0.15) is 0 Å². The highest BCUT2D eigenvalue weighted by molar-refractivity contribution is 5.78. The maximum absolute atomic E-state index is 11.8. The van der Waals surface area contributed by atoms with E-state index < -0.39 is 0 Å². The van der Waals surface area contributed by atoms with Crippen molar-refractivity contribution in [2.75, 3.05) is 26.2 Å². The Kier molecular flexibility index (Phi) is 4.76. The summed E-state index contributed by atoms with van der Waals surface area (Å²) in [6, 6.07) is 10.4. The number of benzene rings is 1. The second-order valence-electron chi connectivity index (χ2n) is 5.03. The van der Waals surface area contributed by atoms with E-state index in [1.807, 2.05) is 11.0 Å². The van der Waals surface area contributed by atoms with E-state index >= 15 is 0 Å². The van der Waals surface area contributed by atoms with Gasteiger partial charge in [-0.3, -0.25) is 4.79 Å². The lowest BCUT2D eigenvalue weighted by atomic mass is 10.0. The number of hydrogen-bond acceptors (Lipinski definition) is 2. The Hall–Kier alpha value is -1.35. The number of nitrogens with zero attached hydrogens (tertiary/aromatic N) is 1. The first kappa shape index (κ1) is 13.1. The Morgan fingerprint density at radius 2 is 1.94 bits per heavy atom. The van der Waals surface area contributed by atoms with Gasteiger partial charge in [-0.1, -0.05) is 37.3 Å². The second-order valence-corrected chi connectivity index (χ2v) is 5.03. The molecule has 0 aliphatic carbocycles. The van der Waals surface area contributed by atoms with Gasteiger partial charge in [-0.15, -0.1) is 0 Å². The maximum atomic E-state index is 11.8. The number of rotatable bonds is 5. The van der Waals surface area contributed by atoms with Gasteiger partial charge in [0, 0.05) is 19.6 Å². The van der Waals surface area contributed by atoms with Gasteiger partial charge in [0.1, 0.15) is 0 Å². The highest BCUT2D eigenvalue weighted by atomic mass is 16.2. The number of carbonyl (C=O) groups excluding carboxylic acids is 1. The SMILES string of the molecule is CC(CNCC(=O)N1CCCC1)c1ccccc1. The maximum Gasteiger partial charge on any atom is 0.236 e. The van der Waals surface area contributed by atoms with Crippen molar-refractivity contribution < 1.29 is 4.79 Å². The smallest absolute Gasteiger partial charge is 0.236 e. The lowest BCUT2D eigenvalue weighted by Gasteiger charge is -2.17. The monoisotopic (exact) mass is 246 g/mol. The van der Waals surface area contributed by atoms with E-state index in [9.17, 15) is 4.79 Å². The molecule has 0 aromatic heterocycles. The Bertz CT molecular complexity index is 371. The first-order valence-electron chi connectivity index (χ1n) is 6.81. The van der Waals surface area contributed by atoms with Crippen molar-refractivity contribution in [1.29, 1.82) is 0 Å². The average molecular weight is 246 g/mol. The summed E-state index contributed by atoms with van der Waals surface area (Å²) in [6.45, 7) is 5.38. The van der Waals surface area contributed by atoms with Crippen LogP contribution in [0.5, 0.6) is 0 Å². The van der Waals surface area contributed by atoms with Crippen LogP contribution in [0.15, 0.2) is 30.3 Å². The fourth-order valence-electron chi connectivity index (χ4n) is 2.37. The quantitative estimate of drug-likeness (QED) is 0.862. The third-order valence-electron chi connectivity index (χ3n) is 3.55. The van der Waals surface area contributed by atoms with Gasteiger partial charge in [0.2, 0.25) is 5.91 Å². The summed E-state index contributed by atoms with van der Waals surface area (Å²) in [5.74, 6) is 0.685. The average Bonchev–Trinajstić information content (AvgIpc) is 2.93. The van der Waals surface area contributed by atoms with E-state index in [4.69, 9.17) is 0 Å². The molecule has 1 aliphatic rings. The molecule has 1 unspecified atom stereocenters. The van der Waals surface area contributed by atoms with Crippen LogP contribution in [0.1, 0.15) is 31.2 Å². The van der Waals surface area contributed by atoms with Gasteiger partial charge in [-0.25, -0.2) is 0 Å². The minimum absolute atomic E-state index is 0.243. The fraction of sp³-hybridized carbons (Fsp3) is 0.533. The molecule has 1 amide bonds. The van der Waals surface area contributed by atoms with Crippen LogP contribution in [0.4, 0.5) is 0 Å². The molecule has 0 radical (unpaired) electrons. The van der Waals surface area contributed by atoms with Crippen molar-refractivity contribution in [1.82, 2.24) is 10.2 Å². The number of hydrogen-bond donors (Lipinski definition) is 1. The number of likely N-dealkylation sites (tertiary alicyclic amines) is 1. The molecule has 1 fully saturated rings. The standard InChI is InChI=1S/C15H22N2O/c1-13(14-7-3-2-4-8-14)11-16-12-15(18)17-9-5-6-10-17/h2-4,7-8,13,16H,5-6,9-12H2,1H3. The van der Waals surface area contributed by atoms with Crippen LogP contribution in [-0.4, -0.2) is 37.0 Å². The summed E-state index contributed by atoms with van der Waals surface area (Å²) < 4.78 is 0. The van der Waals surface area contributed by atoms with Crippen LogP contribution in [0, 0.1) is 0 Å². The zero-order chi connectivity index (χ0) is 12.8. The molecular weight excluding hydrogens is 224 g/mol. The molecule has 98 valence electrons. The van der Waals surface area contributed by atoms with E-state index in [1.54, 1.807) is 0 Å². The molecule has 3 nitrogen and oxygen atoms in total. The predicted octanol–water partition coefficient (Wildman–Crippen LogP) is 2.00. The molecule has 2 rings (SSSR count). The van der Waals surface area contributed by atoms with Crippen LogP contribution in [0.3, 0.4) is 0 Å². The van der Waals surface area contributed by atoms with Crippen molar-refractivity contribution in [2.45, 2.75) is 25.7 Å². The summed E-state index contributed by atoms with van der Waals surface area (Å²) in [4.78, 5) is 13.8. The van der Waals surface area contributed by atoms with Crippen molar-refractivity contribution >= 4 is 5.91 Å². The normalized spacial score (nSPS) is 16.8. The molecule has 1 aromatic rings. The van der Waals surface area contributed by atoms with Gasteiger partial charge < -0.3 is 10.2 Å². The van der Waals surface area contributed by atoms with Crippen molar-refractivity contribution in [3.05, 3.63) is 35.9 Å². The molecule has 0 bridgehead atoms. The summed E-state index contributed by atoms with van der Waals surface area (Å²) in [6.07, 6.45) is 2.32. The highest BCUT2D eigenvalue weighted by Gasteiger charge is 2.17. The Morgan fingerprint density at radius 3 is 2.61 bits per heavy atom. The van der Waals surface area contributed by atoms with E-state index in [0.29, 0.717) is 12.5 Å². The van der Waals surface area contributed by atoms with Gasteiger partial charge in [0.25, 0.3) is 0 Å². The number of nitrogens with one attached hydrogen (secondary N) is 1. The van der Waals surface area contributed by atoms with Gasteiger partial charge in [0.15, 0.2) is 0 Å². The van der Waals surface area contributed by atoms with Gasteiger partial charge in [-0.05, 0) is 24.3 Å². The summed E-state index contributed by atoms with van der Waals surface area (Å²) in [5.41, 5.74) is 1.32. The Labute approximate surface area is 109 Å². The van der Waals surface area contributed by atoms with Crippen LogP contribution in [0.2, 0.25) is 0 Å². The summed E-state index contributed by atoms with van der Waals surface area (Å²) in [5, 5.41) is 3.27. The van der Waals surface area contributed by atoms with E-state index in [0.717, 1.165) is 32.5 Å².